The van der Waals surface area contributed by atoms with E-state index in [2.05, 4.69) is 20.8 Å². The van der Waals surface area contributed by atoms with Crippen molar-refractivity contribution in [3.63, 3.8) is 0 Å². The van der Waals surface area contributed by atoms with Gasteiger partial charge in [-0.15, -0.1) is 0 Å². The van der Waals surface area contributed by atoms with Crippen LogP contribution in [0.3, 0.4) is 0 Å². The summed E-state index contributed by atoms with van der Waals surface area (Å²) in [5, 5.41) is 0. The van der Waals surface area contributed by atoms with Gasteiger partial charge in [0, 0.05) is 12.3 Å². The molecule has 0 aromatic rings. The molecular weight excluding hydrogens is 236 g/mol. The van der Waals surface area contributed by atoms with Crippen molar-refractivity contribution in [1.29, 1.82) is 0 Å². The molecule has 0 spiro atoms. The molecule has 0 amide bonds. The summed E-state index contributed by atoms with van der Waals surface area (Å²) in [6, 6.07) is 0. The SMILES string of the molecule is CC(C)C1(C)CCCC(OC23CCCC2CCO3)C1. The zero-order valence-electron chi connectivity index (χ0n) is 12.9. The molecule has 3 fully saturated rings. The molecule has 2 aliphatic carbocycles. The highest BCUT2D eigenvalue weighted by atomic mass is 16.7. The molecule has 2 heteroatoms. The zero-order chi connectivity index (χ0) is 13.5. The molecule has 1 heterocycles. The van der Waals surface area contributed by atoms with E-state index in [1.807, 2.05) is 0 Å². The normalized spacial score (nSPS) is 46.7. The predicted molar refractivity (Wildman–Crippen MR) is 76.9 cm³/mol. The summed E-state index contributed by atoms with van der Waals surface area (Å²) in [7, 11) is 0. The van der Waals surface area contributed by atoms with Crippen LogP contribution in [0, 0.1) is 17.3 Å². The molecular formula is C17H30O2. The van der Waals surface area contributed by atoms with Crippen LogP contribution in [0.2, 0.25) is 0 Å². The molecule has 0 N–H and O–H groups in total. The summed E-state index contributed by atoms with van der Waals surface area (Å²) < 4.78 is 12.7. The summed E-state index contributed by atoms with van der Waals surface area (Å²) in [4.78, 5) is 0. The maximum absolute atomic E-state index is 6.59. The van der Waals surface area contributed by atoms with Crippen molar-refractivity contribution in [2.45, 2.75) is 84.0 Å². The minimum atomic E-state index is -0.181. The van der Waals surface area contributed by atoms with Crippen molar-refractivity contribution in [3.8, 4) is 0 Å². The Labute approximate surface area is 118 Å². The largest absolute Gasteiger partial charge is 0.350 e. The van der Waals surface area contributed by atoms with Gasteiger partial charge in [-0.3, -0.25) is 0 Å². The molecule has 2 saturated carbocycles. The summed E-state index contributed by atoms with van der Waals surface area (Å²) in [6.07, 6.45) is 10.5. The predicted octanol–water partition coefficient (Wildman–Crippen LogP) is 4.52. The molecule has 2 nitrogen and oxygen atoms in total. The van der Waals surface area contributed by atoms with Crippen molar-refractivity contribution in [1.82, 2.24) is 0 Å². The van der Waals surface area contributed by atoms with Crippen molar-refractivity contribution >= 4 is 0 Å². The minimum Gasteiger partial charge on any atom is -0.350 e. The van der Waals surface area contributed by atoms with E-state index in [-0.39, 0.29) is 5.79 Å². The molecule has 110 valence electrons. The Hall–Kier alpha value is -0.0800. The van der Waals surface area contributed by atoms with E-state index < -0.39 is 0 Å². The fraction of sp³-hybridized carbons (Fsp3) is 1.00. The molecule has 0 aromatic carbocycles. The van der Waals surface area contributed by atoms with Gasteiger partial charge in [0.25, 0.3) is 0 Å². The molecule has 4 atom stereocenters. The monoisotopic (exact) mass is 266 g/mol. The van der Waals surface area contributed by atoms with E-state index in [4.69, 9.17) is 9.47 Å². The van der Waals surface area contributed by atoms with Gasteiger partial charge in [0.15, 0.2) is 5.79 Å². The van der Waals surface area contributed by atoms with Crippen molar-refractivity contribution in [2.75, 3.05) is 6.61 Å². The Morgan fingerprint density at radius 1 is 1.11 bits per heavy atom. The van der Waals surface area contributed by atoms with Crippen molar-refractivity contribution in [2.24, 2.45) is 17.3 Å². The molecule has 3 rings (SSSR count). The van der Waals surface area contributed by atoms with E-state index in [1.165, 1.54) is 44.9 Å². The molecule has 0 radical (unpaired) electrons. The van der Waals surface area contributed by atoms with Crippen LogP contribution in [0.5, 0.6) is 0 Å². The number of rotatable bonds is 3. The van der Waals surface area contributed by atoms with Gasteiger partial charge in [-0.05, 0) is 49.9 Å². The second-order valence-corrected chi connectivity index (χ2v) is 7.68. The molecule has 1 saturated heterocycles. The Balaban J connectivity index is 1.66. The van der Waals surface area contributed by atoms with E-state index in [1.54, 1.807) is 0 Å². The topological polar surface area (TPSA) is 18.5 Å². The lowest BCUT2D eigenvalue weighted by Crippen LogP contribution is -2.42. The van der Waals surface area contributed by atoms with Crippen LogP contribution in [0.15, 0.2) is 0 Å². The number of hydrogen-bond donors (Lipinski definition) is 0. The van der Waals surface area contributed by atoms with Gasteiger partial charge in [-0.25, -0.2) is 0 Å². The van der Waals surface area contributed by atoms with Gasteiger partial charge in [0.2, 0.25) is 0 Å². The second kappa shape index (κ2) is 5.04. The Kier molecular flexibility index (Phi) is 3.68. The molecule has 0 aromatic heterocycles. The number of ether oxygens (including phenoxy) is 2. The van der Waals surface area contributed by atoms with Crippen LogP contribution in [-0.4, -0.2) is 18.5 Å². The Bertz CT molecular complexity index is 315. The maximum Gasteiger partial charge on any atom is 0.171 e. The van der Waals surface area contributed by atoms with Crippen LogP contribution in [0.25, 0.3) is 0 Å². The maximum atomic E-state index is 6.59. The van der Waals surface area contributed by atoms with E-state index in [0.717, 1.165) is 18.9 Å². The Morgan fingerprint density at radius 3 is 2.68 bits per heavy atom. The van der Waals surface area contributed by atoms with Gasteiger partial charge in [-0.1, -0.05) is 27.2 Å². The lowest BCUT2D eigenvalue weighted by atomic mass is 9.67. The first-order chi connectivity index (χ1) is 9.04. The lowest BCUT2D eigenvalue weighted by molar-refractivity contribution is -0.255. The van der Waals surface area contributed by atoms with E-state index >= 15 is 0 Å². The third-order valence-corrected chi connectivity index (χ3v) is 6.24. The highest BCUT2D eigenvalue weighted by Crippen LogP contribution is 2.50. The smallest absolute Gasteiger partial charge is 0.171 e. The molecule has 4 unspecified atom stereocenters. The second-order valence-electron chi connectivity index (χ2n) is 7.68. The first-order valence-corrected chi connectivity index (χ1v) is 8.36. The van der Waals surface area contributed by atoms with Crippen LogP contribution < -0.4 is 0 Å². The summed E-state index contributed by atoms with van der Waals surface area (Å²) in [5.41, 5.74) is 0.465. The molecule has 19 heavy (non-hydrogen) atoms. The standard InChI is InChI=1S/C17H30O2/c1-13(2)16(3)9-5-7-15(12-16)19-17-10-4-6-14(17)8-11-18-17/h13-15H,4-12H2,1-3H3. The summed E-state index contributed by atoms with van der Waals surface area (Å²) >= 11 is 0. The van der Waals surface area contributed by atoms with Crippen molar-refractivity contribution in [3.05, 3.63) is 0 Å². The zero-order valence-corrected chi connectivity index (χ0v) is 12.9. The number of fused-ring (bicyclic) bond motifs is 1. The number of hydrogen-bond acceptors (Lipinski definition) is 2. The fourth-order valence-electron chi connectivity index (χ4n) is 4.50. The minimum absolute atomic E-state index is 0.181. The summed E-state index contributed by atoms with van der Waals surface area (Å²) in [6.45, 7) is 8.10. The van der Waals surface area contributed by atoms with Gasteiger partial charge in [0.05, 0.1) is 12.7 Å². The third-order valence-electron chi connectivity index (χ3n) is 6.24. The van der Waals surface area contributed by atoms with Crippen LogP contribution in [0.4, 0.5) is 0 Å². The van der Waals surface area contributed by atoms with Crippen molar-refractivity contribution < 1.29 is 9.47 Å². The molecule has 3 aliphatic rings. The summed E-state index contributed by atoms with van der Waals surface area (Å²) in [5.74, 6) is 1.25. The third kappa shape index (κ3) is 2.47. The highest BCUT2D eigenvalue weighted by Gasteiger charge is 2.51. The van der Waals surface area contributed by atoms with Gasteiger partial charge >= 0.3 is 0 Å². The van der Waals surface area contributed by atoms with E-state index in [9.17, 15) is 0 Å². The lowest BCUT2D eigenvalue weighted by Gasteiger charge is -2.44. The van der Waals surface area contributed by atoms with Crippen LogP contribution >= 0.6 is 0 Å². The molecule has 0 bridgehead atoms. The van der Waals surface area contributed by atoms with Crippen LogP contribution in [-0.2, 0) is 9.47 Å². The average molecular weight is 266 g/mol. The van der Waals surface area contributed by atoms with Gasteiger partial charge in [0.1, 0.15) is 0 Å². The van der Waals surface area contributed by atoms with E-state index in [0.29, 0.717) is 17.4 Å². The first kappa shape index (κ1) is 13.9. The first-order valence-electron chi connectivity index (χ1n) is 8.36. The average Bonchev–Trinajstić information content (AvgIpc) is 2.87. The Morgan fingerprint density at radius 2 is 1.89 bits per heavy atom. The van der Waals surface area contributed by atoms with Gasteiger partial charge in [-0.2, -0.15) is 0 Å². The van der Waals surface area contributed by atoms with Gasteiger partial charge < -0.3 is 9.47 Å². The quantitative estimate of drug-likeness (QED) is 0.747. The molecule has 1 aliphatic heterocycles. The fourth-order valence-corrected chi connectivity index (χ4v) is 4.50. The highest BCUT2D eigenvalue weighted by molar-refractivity contribution is 4.93. The van der Waals surface area contributed by atoms with Crippen LogP contribution in [0.1, 0.15) is 72.1 Å².